The van der Waals surface area contributed by atoms with E-state index in [1.165, 1.54) is 13.2 Å². The maximum absolute atomic E-state index is 14.7. The lowest BCUT2D eigenvalue weighted by Crippen LogP contribution is -2.29. The average molecular weight is 618 g/mol. The van der Waals surface area contributed by atoms with Crippen LogP contribution in [0.25, 0.3) is 11.3 Å². The average Bonchev–Trinajstić information content (AvgIpc) is 3.48. The van der Waals surface area contributed by atoms with Crippen LogP contribution in [-0.2, 0) is 10.0 Å². The molecule has 0 spiro atoms. The third kappa shape index (κ3) is 5.24. The number of furan rings is 1. The zero-order valence-corrected chi connectivity index (χ0v) is 23.4. The highest BCUT2D eigenvalue weighted by atomic mass is 79.9. The molecule has 38 heavy (non-hydrogen) atoms. The second-order valence-corrected chi connectivity index (χ2v) is 11.6. The molecule has 1 saturated heterocycles. The van der Waals surface area contributed by atoms with Gasteiger partial charge in [0.1, 0.15) is 29.1 Å². The fraction of sp³-hybridized carbons (Fsp3) is 0.154. The van der Waals surface area contributed by atoms with Crippen LogP contribution in [-0.4, -0.2) is 31.9 Å². The molecule has 196 valence electrons. The van der Waals surface area contributed by atoms with Crippen LogP contribution < -0.4 is 19.7 Å². The molecule has 2 aromatic heterocycles. The second-order valence-electron chi connectivity index (χ2n) is 8.58. The summed E-state index contributed by atoms with van der Waals surface area (Å²) < 4.78 is 53.1. The highest BCUT2D eigenvalue weighted by Crippen LogP contribution is 2.44. The highest BCUT2D eigenvalue weighted by molar-refractivity contribution is 9.10. The zero-order valence-electron chi connectivity index (χ0n) is 20.2. The zero-order chi connectivity index (χ0) is 27.0. The molecular weight excluding hydrogens is 595 g/mol. The summed E-state index contributed by atoms with van der Waals surface area (Å²) in [5, 5.41) is 3.73. The lowest BCUT2D eigenvalue weighted by atomic mass is 10.0. The molecule has 1 fully saturated rings. The molecular formula is C26H22BrFN4O4S2. The van der Waals surface area contributed by atoms with Crippen LogP contribution in [0, 0.1) is 5.82 Å². The SMILES string of the molecule is COc1cc(N2C(=S)NC(c3ccccn3)C2c2ccc(-c3ccc(Br)cc3F)o2)ccc1NS(C)(=O)=O. The molecule has 3 heterocycles. The number of anilines is 2. The van der Waals surface area contributed by atoms with Gasteiger partial charge in [-0.1, -0.05) is 22.0 Å². The van der Waals surface area contributed by atoms with E-state index in [0.717, 1.165) is 11.9 Å². The smallest absolute Gasteiger partial charge is 0.229 e. The van der Waals surface area contributed by atoms with Crippen LogP contribution in [0.5, 0.6) is 5.75 Å². The van der Waals surface area contributed by atoms with Gasteiger partial charge in [0.25, 0.3) is 0 Å². The van der Waals surface area contributed by atoms with Gasteiger partial charge in [-0.05, 0) is 66.8 Å². The fourth-order valence-electron chi connectivity index (χ4n) is 4.38. The normalized spacial score (nSPS) is 17.4. The molecule has 4 aromatic rings. The molecule has 2 N–H and O–H groups in total. The molecule has 0 amide bonds. The Labute approximate surface area is 233 Å². The largest absolute Gasteiger partial charge is 0.494 e. The van der Waals surface area contributed by atoms with Crippen LogP contribution in [0.4, 0.5) is 15.8 Å². The molecule has 1 aliphatic heterocycles. The predicted molar refractivity (Wildman–Crippen MR) is 151 cm³/mol. The minimum atomic E-state index is -3.52. The topological polar surface area (TPSA) is 96.7 Å². The number of rotatable bonds is 7. The third-order valence-electron chi connectivity index (χ3n) is 5.97. The number of benzene rings is 2. The van der Waals surface area contributed by atoms with Crippen molar-refractivity contribution < 1.29 is 22.0 Å². The number of pyridine rings is 1. The molecule has 2 unspecified atom stereocenters. The minimum Gasteiger partial charge on any atom is -0.494 e. The summed E-state index contributed by atoms with van der Waals surface area (Å²) in [6.07, 6.45) is 2.76. The maximum Gasteiger partial charge on any atom is 0.229 e. The van der Waals surface area contributed by atoms with Gasteiger partial charge in [0.2, 0.25) is 10.0 Å². The number of methoxy groups -OCH3 is 1. The molecule has 2 atom stereocenters. The van der Waals surface area contributed by atoms with E-state index in [0.29, 0.717) is 43.8 Å². The van der Waals surface area contributed by atoms with Crippen LogP contribution in [0.15, 0.2) is 81.8 Å². The summed E-state index contributed by atoms with van der Waals surface area (Å²) in [4.78, 5) is 6.37. The molecule has 2 aromatic carbocycles. The number of hydrogen-bond acceptors (Lipinski definition) is 6. The van der Waals surface area contributed by atoms with Crippen molar-refractivity contribution in [2.45, 2.75) is 12.1 Å². The monoisotopic (exact) mass is 616 g/mol. The summed E-state index contributed by atoms with van der Waals surface area (Å²) in [7, 11) is -2.07. The summed E-state index contributed by atoms with van der Waals surface area (Å²) in [5.74, 6) is 0.792. The molecule has 0 radical (unpaired) electrons. The first-order chi connectivity index (χ1) is 18.1. The first-order valence-electron chi connectivity index (χ1n) is 11.4. The molecule has 0 bridgehead atoms. The van der Waals surface area contributed by atoms with Crippen molar-refractivity contribution in [3.8, 4) is 17.1 Å². The fourth-order valence-corrected chi connectivity index (χ4v) is 5.63. The van der Waals surface area contributed by atoms with Crippen LogP contribution in [0.3, 0.4) is 0 Å². The van der Waals surface area contributed by atoms with Gasteiger partial charge in [-0.3, -0.25) is 9.71 Å². The maximum atomic E-state index is 14.7. The first kappa shape index (κ1) is 26.1. The van der Waals surface area contributed by atoms with E-state index in [1.807, 2.05) is 23.1 Å². The van der Waals surface area contributed by atoms with Gasteiger partial charge in [0, 0.05) is 22.4 Å². The van der Waals surface area contributed by atoms with Gasteiger partial charge in [-0.25, -0.2) is 12.8 Å². The number of nitrogens with zero attached hydrogens (tertiary/aromatic N) is 2. The van der Waals surface area contributed by atoms with Crippen molar-refractivity contribution in [2.75, 3.05) is 23.0 Å². The summed E-state index contributed by atoms with van der Waals surface area (Å²) in [6, 6.07) is 18.0. The van der Waals surface area contributed by atoms with Crippen molar-refractivity contribution >= 4 is 54.7 Å². The Morgan fingerprint density at radius 1 is 1.16 bits per heavy atom. The lowest BCUT2D eigenvalue weighted by molar-refractivity contribution is 0.416. The minimum absolute atomic E-state index is 0.292. The first-order valence-corrected chi connectivity index (χ1v) is 14.5. The van der Waals surface area contributed by atoms with Crippen molar-refractivity contribution in [1.82, 2.24) is 10.3 Å². The molecule has 0 aliphatic carbocycles. The molecule has 5 rings (SSSR count). The van der Waals surface area contributed by atoms with E-state index >= 15 is 0 Å². The molecule has 12 heteroatoms. The van der Waals surface area contributed by atoms with E-state index in [2.05, 4.69) is 31.0 Å². The number of thiocarbonyl (C=S) groups is 1. The van der Waals surface area contributed by atoms with Gasteiger partial charge in [0.05, 0.1) is 36.4 Å². The van der Waals surface area contributed by atoms with E-state index < -0.39 is 27.9 Å². The highest BCUT2D eigenvalue weighted by Gasteiger charge is 2.43. The Kier molecular flexibility index (Phi) is 7.12. The summed E-state index contributed by atoms with van der Waals surface area (Å²) in [6.45, 7) is 0. The number of ether oxygens (including phenoxy) is 1. The lowest BCUT2D eigenvalue weighted by Gasteiger charge is -2.27. The van der Waals surface area contributed by atoms with Gasteiger partial charge in [-0.15, -0.1) is 0 Å². The predicted octanol–water partition coefficient (Wildman–Crippen LogP) is 5.80. The second kappa shape index (κ2) is 10.4. The molecule has 1 aliphatic rings. The summed E-state index contributed by atoms with van der Waals surface area (Å²) in [5.41, 5.74) is 1.99. The summed E-state index contributed by atoms with van der Waals surface area (Å²) >= 11 is 9.02. The quantitative estimate of drug-likeness (QED) is 0.251. The van der Waals surface area contributed by atoms with Crippen LogP contribution >= 0.6 is 28.1 Å². The van der Waals surface area contributed by atoms with E-state index in [1.54, 1.807) is 48.7 Å². The Morgan fingerprint density at radius 2 is 1.97 bits per heavy atom. The third-order valence-corrected chi connectivity index (χ3v) is 7.37. The van der Waals surface area contributed by atoms with E-state index in [4.69, 9.17) is 21.4 Å². The molecule has 8 nitrogen and oxygen atoms in total. The number of hydrogen-bond donors (Lipinski definition) is 2. The van der Waals surface area contributed by atoms with E-state index in [-0.39, 0.29) is 0 Å². The van der Waals surface area contributed by atoms with Crippen molar-refractivity contribution in [2.24, 2.45) is 0 Å². The number of halogens is 2. The Morgan fingerprint density at radius 3 is 2.66 bits per heavy atom. The molecule has 0 saturated carbocycles. The van der Waals surface area contributed by atoms with Gasteiger partial charge < -0.3 is 19.4 Å². The Bertz CT molecular complexity index is 1610. The van der Waals surface area contributed by atoms with Gasteiger partial charge >= 0.3 is 0 Å². The Hall–Kier alpha value is -3.48. The van der Waals surface area contributed by atoms with Crippen LogP contribution in [0.1, 0.15) is 23.5 Å². The van der Waals surface area contributed by atoms with Gasteiger partial charge in [0.15, 0.2) is 5.11 Å². The van der Waals surface area contributed by atoms with Crippen molar-refractivity contribution in [3.63, 3.8) is 0 Å². The van der Waals surface area contributed by atoms with Crippen LogP contribution in [0.2, 0.25) is 0 Å². The standard InChI is InChI=1S/C26H22BrFN4O4S2/c1-35-23-14-16(7-9-19(23)31-38(2,33)34)32-25(24(30-26(32)37)20-5-3-4-12-29-20)22-11-10-21(36-22)17-8-6-15(27)13-18(17)28/h3-14,24-25,31H,1-2H3,(H,30,37). The van der Waals surface area contributed by atoms with Gasteiger partial charge in [-0.2, -0.15) is 0 Å². The Balaban J connectivity index is 1.60. The number of aromatic nitrogens is 1. The van der Waals surface area contributed by atoms with Crippen molar-refractivity contribution in [3.05, 3.63) is 94.7 Å². The number of sulfonamides is 1. The van der Waals surface area contributed by atoms with E-state index in [9.17, 15) is 12.8 Å². The van der Waals surface area contributed by atoms with Crippen molar-refractivity contribution in [1.29, 1.82) is 0 Å². The number of nitrogens with one attached hydrogen (secondary N) is 2.